The summed E-state index contributed by atoms with van der Waals surface area (Å²) in [6, 6.07) is 4.25. The number of piperidine rings is 1. The van der Waals surface area contributed by atoms with Gasteiger partial charge >= 0.3 is 0 Å². The van der Waals surface area contributed by atoms with E-state index >= 15 is 0 Å². The van der Waals surface area contributed by atoms with Crippen LogP contribution in [0.4, 0.5) is 0 Å². The Balaban J connectivity index is 1.34. The Hall–Kier alpha value is -2.55. The molecule has 0 amide bonds. The molecule has 0 saturated carbocycles. The van der Waals surface area contributed by atoms with Crippen molar-refractivity contribution in [2.24, 2.45) is 10.9 Å². The molecule has 4 aliphatic rings. The molecule has 1 aromatic rings. The number of pyridine rings is 1. The standard InChI is InChI=1S/C26H34BN6O2/c1-27-23-24(18-9-11-32(12-10-18)15-20(35)16-34)31-26-21(14-30-33(26)25(23)28)19-7-8-22(29-13-19)17-5-3-2-4-6-17/h3-5,7-8,13,18,20-21,23,26,28,30,34-35H,6,9-12,14-16H2,1H3. The van der Waals surface area contributed by atoms with Crippen LogP contribution in [0.1, 0.15) is 36.4 Å². The van der Waals surface area contributed by atoms with Gasteiger partial charge in [-0.15, -0.1) is 5.73 Å². The molecule has 8 nitrogen and oxygen atoms in total. The molecule has 4 N–H and O–H groups in total. The van der Waals surface area contributed by atoms with Crippen molar-refractivity contribution in [3.63, 3.8) is 0 Å². The maximum atomic E-state index is 9.80. The third-order valence-corrected chi connectivity index (χ3v) is 7.64. The smallest absolute Gasteiger partial charge is 0.144 e. The van der Waals surface area contributed by atoms with Crippen molar-refractivity contribution in [1.29, 1.82) is 5.41 Å². The van der Waals surface area contributed by atoms with Gasteiger partial charge in [-0.05, 0) is 67.3 Å². The molecule has 0 bridgehead atoms. The van der Waals surface area contributed by atoms with Crippen LogP contribution >= 0.6 is 0 Å². The molecule has 9 heteroatoms. The first kappa shape index (κ1) is 24.2. The first-order valence-corrected chi connectivity index (χ1v) is 12.6. The third kappa shape index (κ3) is 4.92. The van der Waals surface area contributed by atoms with Crippen LogP contribution in [0.5, 0.6) is 0 Å². The molecule has 0 aromatic carbocycles. The number of rotatable bonds is 7. The van der Waals surface area contributed by atoms with Crippen LogP contribution in [-0.2, 0) is 0 Å². The Labute approximate surface area is 207 Å². The molecule has 183 valence electrons. The number of aliphatic hydroxyl groups is 2. The molecule has 4 unspecified atom stereocenters. The second-order valence-corrected chi connectivity index (χ2v) is 9.82. The third-order valence-electron chi connectivity index (χ3n) is 7.64. The van der Waals surface area contributed by atoms with Crippen LogP contribution < -0.4 is 5.43 Å². The maximum absolute atomic E-state index is 9.80. The number of nitrogens with one attached hydrogen (secondary N) is 2. The molecule has 35 heavy (non-hydrogen) atoms. The number of hydrogen-bond acceptors (Lipinski definition) is 7. The van der Waals surface area contributed by atoms with Gasteiger partial charge in [-0.2, -0.15) is 0 Å². The number of aliphatic imine (C=N–C) groups is 1. The van der Waals surface area contributed by atoms with Gasteiger partial charge < -0.3 is 15.1 Å². The molecule has 0 spiro atoms. The highest BCUT2D eigenvalue weighted by molar-refractivity contribution is 6.52. The van der Waals surface area contributed by atoms with Crippen LogP contribution in [0.2, 0.25) is 12.6 Å². The van der Waals surface area contributed by atoms with E-state index in [4.69, 9.17) is 20.5 Å². The lowest BCUT2D eigenvalue weighted by atomic mass is 9.60. The predicted octanol–water partition coefficient (Wildman–Crippen LogP) is 1.85. The highest BCUT2D eigenvalue weighted by Crippen LogP contribution is 2.37. The minimum absolute atomic E-state index is 0.0862. The Morgan fingerprint density at radius 1 is 1.31 bits per heavy atom. The number of β-amino-alcohol motifs (C(OH)–C–C–N with tert-alkyl or cyclic N) is 1. The first-order chi connectivity index (χ1) is 17.1. The lowest BCUT2D eigenvalue weighted by Crippen LogP contribution is -2.52. The molecule has 1 aliphatic carbocycles. The minimum atomic E-state index is -0.690. The quantitative estimate of drug-likeness (QED) is 0.356. The van der Waals surface area contributed by atoms with Gasteiger partial charge in [-0.25, -0.2) is 5.43 Å². The van der Waals surface area contributed by atoms with Gasteiger partial charge in [0.25, 0.3) is 0 Å². The van der Waals surface area contributed by atoms with Crippen molar-refractivity contribution in [2.75, 3.05) is 32.8 Å². The van der Waals surface area contributed by atoms with Gasteiger partial charge in [0.05, 0.1) is 18.4 Å². The van der Waals surface area contributed by atoms with Gasteiger partial charge in [0, 0.05) is 43.2 Å². The van der Waals surface area contributed by atoms with E-state index in [9.17, 15) is 5.11 Å². The van der Waals surface area contributed by atoms with E-state index in [0.717, 1.165) is 55.9 Å². The van der Waals surface area contributed by atoms with Crippen molar-refractivity contribution in [3.8, 4) is 0 Å². The fraction of sp³-hybridized carbons (Fsp3) is 0.538. The summed E-state index contributed by atoms with van der Waals surface area (Å²) in [5.74, 6) is 0.933. The van der Waals surface area contributed by atoms with Gasteiger partial charge in [-0.1, -0.05) is 12.9 Å². The normalized spacial score (nSPS) is 28.0. The van der Waals surface area contributed by atoms with E-state index < -0.39 is 6.10 Å². The molecule has 4 atom stereocenters. The SMILES string of the molecule is C[B]C1C(=N)N2NCC(c3ccc(C4=CC=C=CC4)nc3)C2N=C1C1CCN(CC(O)CO)CC1. The lowest BCUT2D eigenvalue weighted by molar-refractivity contribution is 0.0507. The van der Waals surface area contributed by atoms with Crippen LogP contribution in [0.15, 0.2) is 47.3 Å². The largest absolute Gasteiger partial charge is 0.394 e. The number of likely N-dealkylation sites (tertiary alicyclic amines) is 1. The second kappa shape index (κ2) is 10.6. The van der Waals surface area contributed by atoms with E-state index in [-0.39, 0.29) is 24.5 Å². The van der Waals surface area contributed by atoms with E-state index in [2.05, 4.69) is 41.5 Å². The zero-order valence-corrected chi connectivity index (χ0v) is 20.3. The van der Waals surface area contributed by atoms with Crippen LogP contribution in [0, 0.1) is 11.3 Å². The first-order valence-electron chi connectivity index (χ1n) is 12.6. The fourth-order valence-electron chi connectivity index (χ4n) is 5.68. The maximum Gasteiger partial charge on any atom is 0.144 e. The molecule has 2 saturated heterocycles. The Morgan fingerprint density at radius 3 is 2.80 bits per heavy atom. The number of hydrogen-bond donors (Lipinski definition) is 4. The summed E-state index contributed by atoms with van der Waals surface area (Å²) in [6.07, 6.45) is 9.90. The van der Waals surface area contributed by atoms with E-state index in [1.807, 2.05) is 30.2 Å². The van der Waals surface area contributed by atoms with Gasteiger partial charge in [-0.3, -0.25) is 20.4 Å². The number of nitrogens with zero attached hydrogens (tertiary/aromatic N) is 4. The summed E-state index contributed by atoms with van der Waals surface area (Å²) in [6.45, 7) is 4.78. The summed E-state index contributed by atoms with van der Waals surface area (Å²) >= 11 is 0. The van der Waals surface area contributed by atoms with E-state index in [1.165, 1.54) is 5.57 Å². The van der Waals surface area contributed by atoms with Crippen molar-refractivity contribution in [2.45, 2.75) is 50.1 Å². The number of amidine groups is 1. The number of aromatic nitrogens is 1. The van der Waals surface area contributed by atoms with Crippen LogP contribution in [0.3, 0.4) is 0 Å². The summed E-state index contributed by atoms with van der Waals surface area (Å²) in [4.78, 5) is 12.2. The van der Waals surface area contributed by atoms with E-state index in [1.54, 1.807) is 0 Å². The Bertz CT molecular complexity index is 1060. The zero-order valence-electron chi connectivity index (χ0n) is 20.3. The molecule has 4 heterocycles. The van der Waals surface area contributed by atoms with Crippen molar-refractivity contribution < 1.29 is 10.2 Å². The summed E-state index contributed by atoms with van der Waals surface area (Å²) in [7, 11) is 2.09. The minimum Gasteiger partial charge on any atom is -0.394 e. The molecule has 5 rings (SSSR count). The molecule has 3 aliphatic heterocycles. The summed E-state index contributed by atoms with van der Waals surface area (Å²) in [5.41, 5.74) is 11.0. The highest BCUT2D eigenvalue weighted by atomic mass is 16.3. The van der Waals surface area contributed by atoms with Gasteiger partial charge in [0.1, 0.15) is 19.3 Å². The second-order valence-electron chi connectivity index (χ2n) is 9.82. The topological polar surface area (TPSA) is 108 Å². The van der Waals surface area contributed by atoms with Gasteiger partial charge in [0.15, 0.2) is 0 Å². The highest BCUT2D eigenvalue weighted by Gasteiger charge is 2.44. The van der Waals surface area contributed by atoms with E-state index in [0.29, 0.717) is 18.3 Å². The number of allylic oxidation sites excluding steroid dienone is 3. The summed E-state index contributed by atoms with van der Waals surface area (Å²) in [5, 5.41) is 29.8. The Morgan fingerprint density at radius 2 is 2.14 bits per heavy atom. The Kier molecular flexibility index (Phi) is 7.32. The number of fused-ring (bicyclic) bond motifs is 1. The molecular weight excluding hydrogens is 439 g/mol. The van der Waals surface area contributed by atoms with Crippen molar-refractivity contribution >= 4 is 24.4 Å². The molecule has 1 aromatic heterocycles. The van der Waals surface area contributed by atoms with Crippen molar-refractivity contribution in [1.82, 2.24) is 20.3 Å². The van der Waals surface area contributed by atoms with Crippen molar-refractivity contribution in [3.05, 3.63) is 53.5 Å². The molecule has 2 fully saturated rings. The monoisotopic (exact) mass is 473 g/mol. The zero-order chi connectivity index (χ0) is 24.4. The molecule has 1 radical (unpaired) electrons. The van der Waals surface area contributed by atoms with Crippen LogP contribution in [-0.4, -0.2) is 89.0 Å². The number of aliphatic hydroxyl groups excluding tert-OH is 2. The summed E-state index contributed by atoms with van der Waals surface area (Å²) < 4.78 is 0. The van der Waals surface area contributed by atoms with Gasteiger partial charge in [0.2, 0.25) is 0 Å². The number of hydrazine groups is 1. The molecular formula is C26H34BN6O2. The lowest BCUT2D eigenvalue weighted by Gasteiger charge is -2.41. The predicted molar refractivity (Wildman–Crippen MR) is 139 cm³/mol. The fourth-order valence-corrected chi connectivity index (χ4v) is 5.68. The average Bonchev–Trinajstić information content (AvgIpc) is 3.34. The van der Waals surface area contributed by atoms with Crippen LogP contribution in [0.25, 0.3) is 5.57 Å². The average molecular weight is 473 g/mol.